The fraction of sp³-hybridized carbons (Fsp3) is 0.200. The molecule has 0 bridgehead atoms. The van der Waals surface area contributed by atoms with Gasteiger partial charge in [0.25, 0.3) is 0 Å². The number of hydrogen-bond donors (Lipinski definition) is 0. The van der Waals surface area contributed by atoms with Gasteiger partial charge in [-0.2, -0.15) is 4.39 Å². The number of hydrogen-bond acceptors (Lipinski definition) is 5. The van der Waals surface area contributed by atoms with E-state index in [1.165, 1.54) is 0 Å². The van der Waals surface area contributed by atoms with E-state index in [9.17, 15) is 36.6 Å². The van der Waals surface area contributed by atoms with E-state index >= 15 is 0 Å². The molecule has 30 heavy (non-hydrogen) atoms. The lowest BCUT2D eigenvalue weighted by Crippen LogP contribution is -2.48. The minimum Gasteiger partial charge on any atom is -0.546 e. The average Bonchev–Trinajstić information content (AvgIpc) is 2.63. The van der Waals surface area contributed by atoms with Crippen LogP contribution in [0, 0.1) is 11.6 Å². The van der Waals surface area contributed by atoms with Crippen LogP contribution in [0.1, 0.15) is 29.8 Å². The van der Waals surface area contributed by atoms with Crippen molar-refractivity contribution in [3.8, 4) is 11.5 Å². The van der Waals surface area contributed by atoms with Crippen LogP contribution in [0.25, 0.3) is 6.08 Å². The first-order valence-corrected chi connectivity index (χ1v) is 8.27. The zero-order valence-electron chi connectivity index (χ0n) is 15.5. The predicted octanol–water partition coefficient (Wildman–Crippen LogP) is 3.67. The first-order chi connectivity index (χ1) is 13.8. The molecule has 10 heteroatoms. The molecule has 0 radical (unpaired) electrons. The number of alkyl halides is 3. The first kappa shape index (κ1) is 22.9. The lowest BCUT2D eigenvalue weighted by molar-refractivity contribution is -0.320. The number of allylic oxidation sites excluding steroid dienone is 1. The van der Waals surface area contributed by atoms with Crippen molar-refractivity contribution in [2.45, 2.75) is 25.8 Å². The van der Waals surface area contributed by atoms with Crippen LogP contribution in [-0.4, -0.2) is 23.7 Å². The van der Waals surface area contributed by atoms with Gasteiger partial charge in [-0.1, -0.05) is 0 Å². The Bertz CT molecular complexity index is 978. The molecule has 0 amide bonds. The maximum absolute atomic E-state index is 14.2. The Morgan fingerprint density at radius 1 is 0.933 bits per heavy atom. The van der Waals surface area contributed by atoms with Gasteiger partial charge in [0.2, 0.25) is 5.82 Å². The van der Waals surface area contributed by atoms with Crippen molar-refractivity contribution in [2.75, 3.05) is 0 Å². The number of ketones is 1. The van der Waals surface area contributed by atoms with E-state index in [0.717, 1.165) is 62.4 Å². The van der Waals surface area contributed by atoms with Gasteiger partial charge in [-0.15, -0.1) is 13.2 Å². The second-order valence-electron chi connectivity index (χ2n) is 6.45. The summed E-state index contributed by atoms with van der Waals surface area (Å²) in [6.45, 7) is 2.19. The summed E-state index contributed by atoms with van der Waals surface area (Å²) in [7, 11) is 0. The standard InChI is InChI=1S/C20H15F5O5/c1-19(2,18(27)28)30-15-10-6-12(16(21)17(15)22)5-9-14(26)11-3-7-13(8-4-11)29-20(23,24)25/h3-10H,1-2H3,(H,27,28)/p-1. The molecule has 0 atom stereocenters. The zero-order valence-corrected chi connectivity index (χ0v) is 15.5. The van der Waals surface area contributed by atoms with Crippen molar-refractivity contribution in [2.24, 2.45) is 0 Å². The maximum Gasteiger partial charge on any atom is 0.573 e. The van der Waals surface area contributed by atoms with Gasteiger partial charge < -0.3 is 19.4 Å². The van der Waals surface area contributed by atoms with Crippen LogP contribution in [-0.2, 0) is 4.79 Å². The van der Waals surface area contributed by atoms with Crippen molar-refractivity contribution < 1.29 is 46.1 Å². The Morgan fingerprint density at radius 3 is 2.07 bits per heavy atom. The monoisotopic (exact) mass is 429 g/mol. The molecule has 160 valence electrons. The molecule has 2 aromatic rings. The van der Waals surface area contributed by atoms with Crippen LogP contribution in [0.2, 0.25) is 0 Å². The van der Waals surface area contributed by atoms with Gasteiger partial charge in [-0.05, 0) is 62.4 Å². The Labute approximate surface area is 167 Å². The lowest BCUT2D eigenvalue weighted by Gasteiger charge is -2.27. The molecular formula is C20H14F5O5-. The minimum atomic E-state index is -4.88. The summed E-state index contributed by atoms with van der Waals surface area (Å²) in [6, 6.07) is 6.05. The molecule has 0 unspecified atom stereocenters. The molecule has 0 spiro atoms. The highest BCUT2D eigenvalue weighted by molar-refractivity contribution is 6.06. The van der Waals surface area contributed by atoms with Crippen LogP contribution >= 0.6 is 0 Å². The zero-order chi connectivity index (χ0) is 22.7. The second-order valence-corrected chi connectivity index (χ2v) is 6.45. The topological polar surface area (TPSA) is 75.7 Å². The average molecular weight is 429 g/mol. The van der Waals surface area contributed by atoms with E-state index in [2.05, 4.69) is 4.74 Å². The number of benzene rings is 2. The van der Waals surface area contributed by atoms with Crippen molar-refractivity contribution in [1.82, 2.24) is 0 Å². The summed E-state index contributed by atoms with van der Waals surface area (Å²) < 4.78 is 73.3. The van der Waals surface area contributed by atoms with E-state index in [1.807, 2.05) is 0 Å². The molecule has 0 saturated heterocycles. The molecule has 0 heterocycles. The maximum atomic E-state index is 14.2. The fourth-order valence-electron chi connectivity index (χ4n) is 2.15. The number of carboxylic acids is 1. The Morgan fingerprint density at radius 2 is 1.53 bits per heavy atom. The number of halogens is 5. The molecule has 0 aromatic heterocycles. The normalized spacial score (nSPS) is 12.1. The third-order valence-electron chi connectivity index (χ3n) is 3.72. The quantitative estimate of drug-likeness (QED) is 0.382. The second kappa shape index (κ2) is 8.52. The summed E-state index contributed by atoms with van der Waals surface area (Å²) in [5.41, 5.74) is -2.27. The summed E-state index contributed by atoms with van der Waals surface area (Å²) >= 11 is 0. The first-order valence-electron chi connectivity index (χ1n) is 8.27. The Kier molecular flexibility index (Phi) is 6.49. The summed E-state index contributed by atoms with van der Waals surface area (Å²) in [5.74, 6) is -6.36. The number of carboxylic acid groups (broad SMARTS) is 1. The Hall–Kier alpha value is -3.43. The number of carbonyl (C=O) groups is 2. The van der Waals surface area contributed by atoms with E-state index in [4.69, 9.17) is 4.74 Å². The summed E-state index contributed by atoms with van der Waals surface area (Å²) in [6.07, 6.45) is -3.03. The smallest absolute Gasteiger partial charge is 0.546 e. The number of aliphatic carboxylic acids is 1. The molecule has 2 rings (SSSR count). The summed E-state index contributed by atoms with van der Waals surface area (Å²) in [5, 5.41) is 10.9. The highest BCUT2D eigenvalue weighted by Gasteiger charge is 2.31. The lowest BCUT2D eigenvalue weighted by atomic mass is 10.1. The fourth-order valence-corrected chi connectivity index (χ4v) is 2.15. The van der Waals surface area contributed by atoms with Crippen LogP contribution in [0.3, 0.4) is 0 Å². The van der Waals surface area contributed by atoms with Gasteiger partial charge >= 0.3 is 6.36 Å². The van der Waals surface area contributed by atoms with Crippen molar-refractivity contribution in [3.05, 3.63) is 65.2 Å². The number of ether oxygens (including phenoxy) is 2. The third kappa shape index (κ3) is 5.79. The van der Waals surface area contributed by atoms with Gasteiger partial charge in [0.05, 0.1) is 5.97 Å². The van der Waals surface area contributed by atoms with Crippen LogP contribution in [0.5, 0.6) is 11.5 Å². The predicted molar refractivity (Wildman–Crippen MR) is 92.6 cm³/mol. The minimum absolute atomic E-state index is 0.0164. The molecule has 0 saturated carbocycles. The van der Waals surface area contributed by atoms with Crippen molar-refractivity contribution in [3.63, 3.8) is 0 Å². The van der Waals surface area contributed by atoms with Crippen LogP contribution < -0.4 is 14.6 Å². The SMILES string of the molecule is CC(C)(Oc1ccc(C=CC(=O)c2ccc(OC(F)(F)F)cc2)c(F)c1F)C(=O)[O-]. The van der Waals surface area contributed by atoms with E-state index in [0.29, 0.717) is 0 Å². The largest absolute Gasteiger partial charge is 0.573 e. The van der Waals surface area contributed by atoms with Gasteiger partial charge in [0, 0.05) is 11.1 Å². The van der Waals surface area contributed by atoms with E-state index < -0.39 is 46.8 Å². The van der Waals surface area contributed by atoms with Gasteiger partial charge in [0.15, 0.2) is 17.3 Å². The van der Waals surface area contributed by atoms with E-state index in [-0.39, 0.29) is 11.1 Å². The molecule has 2 aromatic carbocycles. The van der Waals surface area contributed by atoms with Gasteiger partial charge in [-0.3, -0.25) is 4.79 Å². The van der Waals surface area contributed by atoms with E-state index in [1.54, 1.807) is 0 Å². The van der Waals surface area contributed by atoms with Gasteiger partial charge in [-0.25, -0.2) is 4.39 Å². The summed E-state index contributed by atoms with van der Waals surface area (Å²) in [4.78, 5) is 23.0. The highest BCUT2D eigenvalue weighted by Crippen LogP contribution is 2.27. The molecule has 0 fully saturated rings. The molecule has 0 aliphatic heterocycles. The third-order valence-corrected chi connectivity index (χ3v) is 3.72. The van der Waals surface area contributed by atoms with Crippen molar-refractivity contribution >= 4 is 17.8 Å². The number of rotatable bonds is 7. The van der Waals surface area contributed by atoms with Crippen molar-refractivity contribution in [1.29, 1.82) is 0 Å². The molecule has 0 aliphatic rings. The highest BCUT2D eigenvalue weighted by atomic mass is 19.4. The Balaban J connectivity index is 2.16. The molecule has 5 nitrogen and oxygen atoms in total. The van der Waals surface area contributed by atoms with Gasteiger partial charge in [0.1, 0.15) is 11.4 Å². The number of carbonyl (C=O) groups excluding carboxylic acids is 2. The molecule has 0 N–H and O–H groups in total. The molecular weight excluding hydrogens is 415 g/mol. The van der Waals surface area contributed by atoms with Crippen LogP contribution in [0.15, 0.2) is 42.5 Å². The molecule has 0 aliphatic carbocycles. The van der Waals surface area contributed by atoms with Crippen LogP contribution in [0.4, 0.5) is 22.0 Å².